The number of piperidine rings is 1. The fourth-order valence-electron chi connectivity index (χ4n) is 2.15. The fourth-order valence-corrected chi connectivity index (χ4v) is 2.15. The lowest BCUT2D eigenvalue weighted by Crippen LogP contribution is -2.52. The number of amides is 1. The van der Waals surface area contributed by atoms with Crippen LogP contribution in [0.4, 0.5) is 4.79 Å². The van der Waals surface area contributed by atoms with Crippen LogP contribution in [0.1, 0.15) is 27.2 Å². The van der Waals surface area contributed by atoms with Crippen molar-refractivity contribution in [1.82, 2.24) is 4.90 Å². The van der Waals surface area contributed by atoms with Gasteiger partial charge in [0.25, 0.3) is 0 Å². The van der Waals surface area contributed by atoms with Gasteiger partial charge in [0.05, 0.1) is 13.2 Å². The van der Waals surface area contributed by atoms with Gasteiger partial charge in [0.1, 0.15) is 17.3 Å². The average molecular weight is 243 g/mol. The van der Waals surface area contributed by atoms with E-state index in [1.807, 2.05) is 20.8 Å². The molecule has 17 heavy (non-hydrogen) atoms. The number of methoxy groups -OCH3 is 1. The summed E-state index contributed by atoms with van der Waals surface area (Å²) in [5.74, 6) is 0. The topological polar surface area (TPSA) is 51.3 Å². The largest absolute Gasteiger partial charge is 0.444 e. The third-order valence-corrected chi connectivity index (χ3v) is 3.23. The normalized spacial score (nSPS) is 32.7. The summed E-state index contributed by atoms with van der Waals surface area (Å²) < 4.78 is 16.2. The Balaban J connectivity index is 1.93. The summed E-state index contributed by atoms with van der Waals surface area (Å²) in [6.07, 6.45) is 0.518. The first kappa shape index (κ1) is 12.6. The molecule has 0 aliphatic carbocycles. The van der Waals surface area contributed by atoms with E-state index in [-0.39, 0.29) is 17.8 Å². The van der Waals surface area contributed by atoms with Crippen LogP contribution in [-0.4, -0.2) is 55.1 Å². The van der Waals surface area contributed by atoms with E-state index < -0.39 is 5.60 Å². The first-order valence-electron chi connectivity index (χ1n) is 6.01. The number of carbonyl (C=O) groups excluding carboxylic acids is 1. The monoisotopic (exact) mass is 243 g/mol. The molecule has 0 aromatic heterocycles. The van der Waals surface area contributed by atoms with Crippen molar-refractivity contribution in [3.63, 3.8) is 0 Å². The zero-order valence-electron chi connectivity index (χ0n) is 11.0. The third-order valence-electron chi connectivity index (χ3n) is 3.23. The zero-order valence-corrected chi connectivity index (χ0v) is 11.0. The predicted molar refractivity (Wildman–Crippen MR) is 61.9 cm³/mol. The number of carbonyl (C=O) groups is 1. The van der Waals surface area contributed by atoms with Crippen LogP contribution in [0.3, 0.4) is 0 Å². The molecule has 2 atom stereocenters. The molecular weight excluding hydrogens is 222 g/mol. The molecule has 0 N–H and O–H groups in total. The predicted octanol–water partition coefficient (Wildman–Crippen LogP) is 1.41. The summed E-state index contributed by atoms with van der Waals surface area (Å²) in [5, 5.41) is 0. The molecular formula is C12H21NO4. The highest BCUT2D eigenvalue weighted by atomic mass is 16.6. The first-order chi connectivity index (χ1) is 7.86. The molecule has 0 aromatic rings. The molecule has 2 fully saturated rings. The summed E-state index contributed by atoms with van der Waals surface area (Å²) >= 11 is 0. The van der Waals surface area contributed by atoms with Gasteiger partial charge in [0.15, 0.2) is 0 Å². The van der Waals surface area contributed by atoms with E-state index >= 15 is 0 Å². The van der Waals surface area contributed by atoms with Crippen LogP contribution in [0.25, 0.3) is 0 Å². The van der Waals surface area contributed by atoms with Gasteiger partial charge in [-0.3, -0.25) is 0 Å². The minimum absolute atomic E-state index is 0.0382. The first-order valence-corrected chi connectivity index (χ1v) is 6.01. The van der Waals surface area contributed by atoms with Crippen molar-refractivity contribution in [3.8, 4) is 0 Å². The molecule has 2 aliphatic heterocycles. The SMILES string of the molecule is COC1CN(C(=O)OC(C)(C)C)CCC12CO2. The molecule has 0 bridgehead atoms. The van der Waals surface area contributed by atoms with Crippen LogP contribution >= 0.6 is 0 Å². The second kappa shape index (κ2) is 4.14. The van der Waals surface area contributed by atoms with Crippen molar-refractivity contribution < 1.29 is 19.0 Å². The lowest BCUT2D eigenvalue weighted by Gasteiger charge is -2.36. The van der Waals surface area contributed by atoms with E-state index in [4.69, 9.17) is 14.2 Å². The zero-order chi connectivity index (χ0) is 12.7. The van der Waals surface area contributed by atoms with Crippen LogP contribution < -0.4 is 0 Å². The van der Waals surface area contributed by atoms with Crippen molar-refractivity contribution in [2.75, 3.05) is 26.8 Å². The molecule has 2 rings (SSSR count). The van der Waals surface area contributed by atoms with Gasteiger partial charge in [0, 0.05) is 13.7 Å². The van der Waals surface area contributed by atoms with E-state index in [0.717, 1.165) is 13.0 Å². The number of epoxide rings is 1. The third kappa shape index (κ3) is 2.72. The number of rotatable bonds is 1. The Kier molecular flexibility index (Phi) is 3.08. The van der Waals surface area contributed by atoms with E-state index in [1.54, 1.807) is 12.0 Å². The summed E-state index contributed by atoms with van der Waals surface area (Å²) in [5.41, 5.74) is -0.585. The van der Waals surface area contributed by atoms with Gasteiger partial charge in [-0.2, -0.15) is 0 Å². The Hall–Kier alpha value is -0.810. The fraction of sp³-hybridized carbons (Fsp3) is 0.917. The van der Waals surface area contributed by atoms with E-state index in [2.05, 4.69) is 0 Å². The number of nitrogens with zero attached hydrogens (tertiary/aromatic N) is 1. The molecule has 0 radical (unpaired) electrons. The van der Waals surface area contributed by atoms with Crippen LogP contribution in [0, 0.1) is 0 Å². The molecule has 98 valence electrons. The Morgan fingerprint density at radius 2 is 2.12 bits per heavy atom. The van der Waals surface area contributed by atoms with Crippen LogP contribution in [-0.2, 0) is 14.2 Å². The molecule has 2 aliphatic rings. The maximum absolute atomic E-state index is 11.9. The number of likely N-dealkylation sites (tertiary alicyclic amines) is 1. The smallest absolute Gasteiger partial charge is 0.410 e. The highest BCUT2D eigenvalue weighted by molar-refractivity contribution is 5.68. The molecule has 2 unspecified atom stereocenters. The minimum Gasteiger partial charge on any atom is -0.444 e. The lowest BCUT2D eigenvalue weighted by molar-refractivity contribution is -0.0392. The molecule has 0 aromatic carbocycles. The molecule has 5 heteroatoms. The van der Waals surface area contributed by atoms with Crippen molar-refractivity contribution in [2.24, 2.45) is 0 Å². The number of hydrogen-bond acceptors (Lipinski definition) is 4. The van der Waals surface area contributed by atoms with Crippen molar-refractivity contribution in [2.45, 2.75) is 44.5 Å². The van der Waals surface area contributed by atoms with E-state index in [9.17, 15) is 4.79 Å². The van der Waals surface area contributed by atoms with Gasteiger partial charge in [-0.25, -0.2) is 4.79 Å². The van der Waals surface area contributed by atoms with Crippen molar-refractivity contribution >= 4 is 6.09 Å². The number of ether oxygens (including phenoxy) is 3. The Morgan fingerprint density at radius 1 is 1.47 bits per heavy atom. The average Bonchev–Trinajstić information content (AvgIpc) is 2.96. The van der Waals surface area contributed by atoms with Gasteiger partial charge in [-0.05, 0) is 27.2 Å². The summed E-state index contributed by atoms with van der Waals surface area (Å²) in [4.78, 5) is 13.6. The van der Waals surface area contributed by atoms with Crippen LogP contribution in [0.5, 0.6) is 0 Å². The minimum atomic E-state index is -0.454. The Bertz CT molecular complexity index is 306. The second-order valence-corrected chi connectivity index (χ2v) is 5.75. The Labute approximate surface area is 102 Å². The Morgan fingerprint density at radius 3 is 2.59 bits per heavy atom. The van der Waals surface area contributed by atoms with Gasteiger partial charge >= 0.3 is 6.09 Å². The quantitative estimate of drug-likeness (QED) is 0.653. The highest BCUT2D eigenvalue weighted by Gasteiger charge is 2.55. The van der Waals surface area contributed by atoms with Gasteiger partial charge in [0.2, 0.25) is 0 Å². The van der Waals surface area contributed by atoms with Crippen molar-refractivity contribution in [3.05, 3.63) is 0 Å². The van der Waals surface area contributed by atoms with Crippen LogP contribution in [0.2, 0.25) is 0 Å². The van der Waals surface area contributed by atoms with E-state index in [0.29, 0.717) is 13.1 Å². The standard InChI is InChI=1S/C12H21NO4/c1-11(2,3)17-10(14)13-6-5-12(8-16-12)9(7-13)15-4/h9H,5-8H2,1-4H3. The molecule has 1 spiro atoms. The molecule has 5 nitrogen and oxygen atoms in total. The summed E-state index contributed by atoms with van der Waals surface area (Å²) in [7, 11) is 1.66. The summed E-state index contributed by atoms with van der Waals surface area (Å²) in [6.45, 7) is 7.57. The summed E-state index contributed by atoms with van der Waals surface area (Å²) in [6, 6.07) is 0. The molecule has 2 heterocycles. The van der Waals surface area contributed by atoms with Gasteiger partial charge < -0.3 is 19.1 Å². The van der Waals surface area contributed by atoms with Crippen molar-refractivity contribution in [1.29, 1.82) is 0 Å². The maximum atomic E-state index is 11.9. The van der Waals surface area contributed by atoms with Gasteiger partial charge in [-0.15, -0.1) is 0 Å². The lowest BCUT2D eigenvalue weighted by atomic mass is 9.95. The van der Waals surface area contributed by atoms with Crippen LogP contribution in [0.15, 0.2) is 0 Å². The maximum Gasteiger partial charge on any atom is 0.410 e. The molecule has 1 amide bonds. The highest BCUT2D eigenvalue weighted by Crippen LogP contribution is 2.39. The molecule has 2 saturated heterocycles. The van der Waals surface area contributed by atoms with Gasteiger partial charge in [-0.1, -0.05) is 0 Å². The van der Waals surface area contributed by atoms with E-state index in [1.165, 1.54) is 0 Å². The molecule has 0 saturated carbocycles. The second-order valence-electron chi connectivity index (χ2n) is 5.75. The number of hydrogen-bond donors (Lipinski definition) is 0.